The molecule has 19 heavy (non-hydrogen) atoms. The second-order valence-electron chi connectivity index (χ2n) is 4.24. The number of hydrogen-bond acceptors (Lipinski definition) is 4. The summed E-state index contributed by atoms with van der Waals surface area (Å²) >= 11 is 5.80. The molecule has 0 saturated carbocycles. The third kappa shape index (κ3) is 7.15. The summed E-state index contributed by atoms with van der Waals surface area (Å²) in [5.41, 5.74) is 1.18. The predicted octanol–water partition coefficient (Wildman–Crippen LogP) is 1.79. The standard InChI is InChI=1S/C14H20ClNO3/c1-2-19-14(18)9-13(17)10-16-8-7-11-3-5-12(15)6-4-11/h3-6,13,16-17H,2,7-10H2,1H3. The van der Waals surface area contributed by atoms with E-state index in [9.17, 15) is 9.90 Å². The number of benzene rings is 1. The molecule has 1 atom stereocenters. The summed E-state index contributed by atoms with van der Waals surface area (Å²) in [7, 11) is 0. The van der Waals surface area contributed by atoms with Crippen LogP contribution in [0.4, 0.5) is 0 Å². The molecule has 0 amide bonds. The van der Waals surface area contributed by atoms with Crippen LogP contribution in [0.15, 0.2) is 24.3 Å². The summed E-state index contributed by atoms with van der Waals surface area (Å²) in [6, 6.07) is 7.65. The van der Waals surface area contributed by atoms with Crippen molar-refractivity contribution in [3.63, 3.8) is 0 Å². The Kier molecular flexibility index (Phi) is 7.48. The minimum absolute atomic E-state index is 0.0295. The summed E-state index contributed by atoms with van der Waals surface area (Å²) < 4.78 is 4.76. The molecular formula is C14H20ClNO3. The molecule has 0 saturated heterocycles. The Morgan fingerprint density at radius 3 is 2.74 bits per heavy atom. The van der Waals surface area contributed by atoms with E-state index in [-0.39, 0.29) is 12.4 Å². The number of aliphatic hydroxyl groups is 1. The van der Waals surface area contributed by atoms with E-state index in [0.29, 0.717) is 13.2 Å². The molecule has 0 fully saturated rings. The average Bonchev–Trinajstić information content (AvgIpc) is 2.37. The lowest BCUT2D eigenvalue weighted by molar-refractivity contribution is -0.145. The minimum Gasteiger partial charge on any atom is -0.466 e. The maximum atomic E-state index is 11.1. The van der Waals surface area contributed by atoms with Crippen molar-refractivity contribution in [1.82, 2.24) is 5.32 Å². The van der Waals surface area contributed by atoms with Gasteiger partial charge >= 0.3 is 5.97 Å². The van der Waals surface area contributed by atoms with Gasteiger partial charge in [0.25, 0.3) is 0 Å². The number of halogens is 1. The lowest BCUT2D eigenvalue weighted by Crippen LogP contribution is -2.30. The zero-order valence-corrected chi connectivity index (χ0v) is 11.8. The third-order valence-electron chi connectivity index (χ3n) is 2.59. The molecule has 0 radical (unpaired) electrons. The Morgan fingerprint density at radius 2 is 2.11 bits per heavy atom. The summed E-state index contributed by atoms with van der Waals surface area (Å²) in [5, 5.41) is 13.4. The molecule has 1 rings (SSSR count). The molecular weight excluding hydrogens is 266 g/mol. The summed E-state index contributed by atoms with van der Waals surface area (Å²) in [4.78, 5) is 11.1. The summed E-state index contributed by atoms with van der Waals surface area (Å²) in [6.07, 6.45) is 0.176. The second-order valence-corrected chi connectivity index (χ2v) is 4.68. The molecule has 0 aromatic heterocycles. The fraction of sp³-hybridized carbons (Fsp3) is 0.500. The van der Waals surface area contributed by atoms with Crippen molar-refractivity contribution in [2.45, 2.75) is 25.9 Å². The SMILES string of the molecule is CCOC(=O)CC(O)CNCCc1ccc(Cl)cc1. The van der Waals surface area contributed by atoms with Gasteiger partial charge in [0, 0.05) is 11.6 Å². The lowest BCUT2D eigenvalue weighted by Gasteiger charge is -2.11. The van der Waals surface area contributed by atoms with Crippen LogP contribution < -0.4 is 5.32 Å². The number of esters is 1. The van der Waals surface area contributed by atoms with E-state index in [1.807, 2.05) is 24.3 Å². The van der Waals surface area contributed by atoms with Gasteiger partial charge in [0.1, 0.15) is 0 Å². The lowest BCUT2D eigenvalue weighted by atomic mass is 10.1. The molecule has 1 unspecified atom stereocenters. The van der Waals surface area contributed by atoms with Gasteiger partial charge in [-0.1, -0.05) is 23.7 Å². The van der Waals surface area contributed by atoms with Crippen LogP contribution >= 0.6 is 11.6 Å². The van der Waals surface area contributed by atoms with Gasteiger partial charge in [0.05, 0.1) is 19.1 Å². The van der Waals surface area contributed by atoms with Crippen LogP contribution in [0.1, 0.15) is 18.9 Å². The predicted molar refractivity (Wildman–Crippen MR) is 75.3 cm³/mol. The van der Waals surface area contributed by atoms with Gasteiger partial charge in [0.2, 0.25) is 0 Å². The zero-order chi connectivity index (χ0) is 14.1. The van der Waals surface area contributed by atoms with Crippen molar-refractivity contribution < 1.29 is 14.6 Å². The zero-order valence-electron chi connectivity index (χ0n) is 11.1. The molecule has 1 aromatic rings. The average molecular weight is 286 g/mol. The molecule has 0 bridgehead atoms. The van der Waals surface area contributed by atoms with E-state index < -0.39 is 6.10 Å². The first-order chi connectivity index (χ1) is 9.11. The van der Waals surface area contributed by atoms with Gasteiger partial charge in [-0.3, -0.25) is 4.79 Å². The van der Waals surface area contributed by atoms with E-state index in [4.69, 9.17) is 16.3 Å². The Bertz CT molecular complexity index is 381. The number of carbonyl (C=O) groups is 1. The fourth-order valence-corrected chi connectivity index (χ4v) is 1.76. The number of ether oxygens (including phenoxy) is 1. The van der Waals surface area contributed by atoms with Crippen LogP contribution in [-0.2, 0) is 16.0 Å². The summed E-state index contributed by atoms with van der Waals surface area (Å²) in [5.74, 6) is -0.366. The molecule has 0 heterocycles. The first kappa shape index (κ1) is 16.0. The Hall–Kier alpha value is -1.10. The first-order valence-corrected chi connectivity index (χ1v) is 6.78. The molecule has 5 heteroatoms. The second kappa shape index (κ2) is 8.91. The molecule has 1 aromatic carbocycles. The number of rotatable bonds is 8. The van der Waals surface area contributed by atoms with Crippen molar-refractivity contribution in [1.29, 1.82) is 0 Å². The highest BCUT2D eigenvalue weighted by molar-refractivity contribution is 6.30. The molecule has 2 N–H and O–H groups in total. The fourth-order valence-electron chi connectivity index (χ4n) is 1.64. The number of hydrogen-bond donors (Lipinski definition) is 2. The van der Waals surface area contributed by atoms with Crippen molar-refractivity contribution in [2.75, 3.05) is 19.7 Å². The monoisotopic (exact) mass is 285 g/mol. The van der Waals surface area contributed by atoms with E-state index in [1.54, 1.807) is 6.92 Å². The van der Waals surface area contributed by atoms with Gasteiger partial charge in [-0.2, -0.15) is 0 Å². The van der Waals surface area contributed by atoms with Crippen molar-refractivity contribution in [3.05, 3.63) is 34.9 Å². The van der Waals surface area contributed by atoms with Gasteiger partial charge in [-0.25, -0.2) is 0 Å². The van der Waals surface area contributed by atoms with E-state index >= 15 is 0 Å². The van der Waals surface area contributed by atoms with Crippen LogP contribution in [0, 0.1) is 0 Å². The van der Waals surface area contributed by atoms with Gasteiger partial charge in [-0.05, 0) is 37.6 Å². The van der Waals surface area contributed by atoms with Crippen molar-refractivity contribution in [2.24, 2.45) is 0 Å². The summed E-state index contributed by atoms with van der Waals surface area (Å²) in [6.45, 7) is 3.21. The third-order valence-corrected chi connectivity index (χ3v) is 2.84. The van der Waals surface area contributed by atoms with Crippen LogP contribution in [0.25, 0.3) is 0 Å². The van der Waals surface area contributed by atoms with Crippen LogP contribution in [-0.4, -0.2) is 36.9 Å². The van der Waals surface area contributed by atoms with Gasteiger partial charge in [0.15, 0.2) is 0 Å². The van der Waals surface area contributed by atoms with E-state index in [0.717, 1.165) is 18.0 Å². The normalized spacial score (nSPS) is 12.2. The highest BCUT2D eigenvalue weighted by Gasteiger charge is 2.10. The molecule has 0 aliphatic rings. The van der Waals surface area contributed by atoms with Crippen molar-refractivity contribution >= 4 is 17.6 Å². The Morgan fingerprint density at radius 1 is 1.42 bits per heavy atom. The Balaban J connectivity index is 2.13. The maximum absolute atomic E-state index is 11.1. The largest absolute Gasteiger partial charge is 0.466 e. The minimum atomic E-state index is -0.704. The van der Waals surface area contributed by atoms with Crippen LogP contribution in [0.3, 0.4) is 0 Å². The Labute approximate surface area is 118 Å². The van der Waals surface area contributed by atoms with E-state index in [2.05, 4.69) is 5.32 Å². The molecule has 0 aliphatic carbocycles. The number of aliphatic hydroxyl groups excluding tert-OH is 1. The number of nitrogens with one attached hydrogen (secondary N) is 1. The smallest absolute Gasteiger partial charge is 0.308 e. The van der Waals surface area contributed by atoms with Crippen molar-refractivity contribution in [3.8, 4) is 0 Å². The van der Waals surface area contributed by atoms with Crippen LogP contribution in [0.2, 0.25) is 5.02 Å². The maximum Gasteiger partial charge on any atom is 0.308 e. The highest BCUT2D eigenvalue weighted by atomic mass is 35.5. The molecule has 106 valence electrons. The molecule has 0 aliphatic heterocycles. The van der Waals surface area contributed by atoms with Gasteiger partial charge < -0.3 is 15.2 Å². The molecule has 4 nitrogen and oxygen atoms in total. The van der Waals surface area contributed by atoms with Crippen LogP contribution in [0.5, 0.6) is 0 Å². The van der Waals surface area contributed by atoms with E-state index in [1.165, 1.54) is 5.56 Å². The quantitative estimate of drug-likeness (QED) is 0.565. The first-order valence-electron chi connectivity index (χ1n) is 6.40. The highest BCUT2D eigenvalue weighted by Crippen LogP contribution is 2.09. The molecule has 0 spiro atoms. The topological polar surface area (TPSA) is 58.6 Å². The van der Waals surface area contributed by atoms with Gasteiger partial charge in [-0.15, -0.1) is 0 Å². The number of carbonyl (C=O) groups excluding carboxylic acids is 1.